The van der Waals surface area contributed by atoms with E-state index in [0.717, 1.165) is 28.7 Å². The highest BCUT2D eigenvalue weighted by molar-refractivity contribution is 5.87. The summed E-state index contributed by atoms with van der Waals surface area (Å²) in [5.41, 5.74) is 0.946. The van der Waals surface area contributed by atoms with Crippen LogP contribution in [0.15, 0.2) is 18.6 Å². The number of hydrogen-bond acceptors (Lipinski definition) is 3. The minimum absolute atomic E-state index is 0.910. The Morgan fingerprint density at radius 1 is 1.18 bits per heavy atom. The monoisotopic (exact) mass is 228 g/mol. The number of aromatic amines is 1. The Labute approximate surface area is 100 Å². The second-order valence-corrected chi connectivity index (χ2v) is 5.29. The van der Waals surface area contributed by atoms with Gasteiger partial charge in [-0.2, -0.15) is 0 Å². The molecule has 2 aromatic rings. The van der Waals surface area contributed by atoms with Crippen molar-refractivity contribution in [1.82, 2.24) is 15.0 Å². The quantitative estimate of drug-likeness (QED) is 0.857. The molecule has 17 heavy (non-hydrogen) atoms. The molecule has 2 aromatic heterocycles. The van der Waals surface area contributed by atoms with E-state index in [4.69, 9.17) is 0 Å². The molecule has 4 heteroatoms. The summed E-state index contributed by atoms with van der Waals surface area (Å²) in [7, 11) is 0. The van der Waals surface area contributed by atoms with Crippen molar-refractivity contribution in [2.45, 2.75) is 19.3 Å². The zero-order valence-corrected chi connectivity index (χ0v) is 9.76. The fraction of sp³-hybridized carbons (Fsp3) is 0.538. The highest BCUT2D eigenvalue weighted by Gasteiger charge is 2.37. The van der Waals surface area contributed by atoms with Crippen LogP contribution in [0.4, 0.5) is 5.82 Å². The van der Waals surface area contributed by atoms with Crippen molar-refractivity contribution < 1.29 is 0 Å². The topological polar surface area (TPSA) is 44.8 Å². The minimum atomic E-state index is 0.910. The molecule has 0 spiro atoms. The van der Waals surface area contributed by atoms with E-state index in [1.807, 2.05) is 6.20 Å². The maximum atomic E-state index is 4.43. The molecule has 0 radical (unpaired) electrons. The van der Waals surface area contributed by atoms with Gasteiger partial charge in [0.25, 0.3) is 0 Å². The van der Waals surface area contributed by atoms with Crippen LogP contribution in [0.3, 0.4) is 0 Å². The lowest BCUT2D eigenvalue weighted by Crippen LogP contribution is -2.51. The molecule has 1 N–H and O–H groups in total. The SMILES string of the molecule is c1nc(N2CC(C3CCC3)C2)c2cc[nH]c2n1. The van der Waals surface area contributed by atoms with Crippen LogP contribution in [0.1, 0.15) is 19.3 Å². The lowest BCUT2D eigenvalue weighted by Gasteiger charge is -2.47. The first kappa shape index (κ1) is 9.45. The van der Waals surface area contributed by atoms with Gasteiger partial charge in [-0.15, -0.1) is 0 Å². The van der Waals surface area contributed by atoms with Crippen molar-refractivity contribution in [3.63, 3.8) is 0 Å². The van der Waals surface area contributed by atoms with E-state index < -0.39 is 0 Å². The van der Waals surface area contributed by atoms with E-state index in [1.165, 1.54) is 32.4 Å². The Morgan fingerprint density at radius 3 is 2.82 bits per heavy atom. The molecular weight excluding hydrogens is 212 g/mol. The summed E-state index contributed by atoms with van der Waals surface area (Å²) in [6.45, 7) is 2.37. The third kappa shape index (κ3) is 1.36. The van der Waals surface area contributed by atoms with Gasteiger partial charge in [-0.3, -0.25) is 0 Å². The maximum absolute atomic E-state index is 4.43. The standard InChI is InChI=1S/C13H16N4/c1-2-9(3-1)10-6-17(7-10)13-11-4-5-14-12(11)15-8-16-13/h4-5,8-10H,1-3,6-7H2,(H,14,15,16). The smallest absolute Gasteiger partial charge is 0.142 e. The molecule has 0 atom stereocenters. The number of aromatic nitrogens is 3. The number of fused-ring (bicyclic) bond motifs is 1. The van der Waals surface area contributed by atoms with Crippen LogP contribution >= 0.6 is 0 Å². The van der Waals surface area contributed by atoms with Gasteiger partial charge in [0, 0.05) is 19.3 Å². The zero-order chi connectivity index (χ0) is 11.2. The van der Waals surface area contributed by atoms with Gasteiger partial charge in [-0.05, 0) is 17.9 Å². The summed E-state index contributed by atoms with van der Waals surface area (Å²) in [5.74, 6) is 3.01. The molecule has 1 saturated carbocycles. The second kappa shape index (κ2) is 3.45. The van der Waals surface area contributed by atoms with Gasteiger partial charge < -0.3 is 9.88 Å². The molecule has 1 aliphatic heterocycles. The van der Waals surface area contributed by atoms with Crippen molar-refractivity contribution in [3.05, 3.63) is 18.6 Å². The van der Waals surface area contributed by atoms with Crippen LogP contribution in [-0.2, 0) is 0 Å². The minimum Gasteiger partial charge on any atom is -0.355 e. The average molecular weight is 228 g/mol. The van der Waals surface area contributed by atoms with Gasteiger partial charge in [0.2, 0.25) is 0 Å². The third-order valence-corrected chi connectivity index (χ3v) is 4.36. The number of nitrogens with zero attached hydrogens (tertiary/aromatic N) is 3. The summed E-state index contributed by atoms with van der Waals surface area (Å²) in [6, 6.07) is 2.07. The van der Waals surface area contributed by atoms with Crippen molar-refractivity contribution in [2.24, 2.45) is 11.8 Å². The number of H-pyrrole nitrogens is 1. The van der Waals surface area contributed by atoms with Crippen LogP contribution in [-0.4, -0.2) is 28.0 Å². The molecule has 0 aromatic carbocycles. The molecule has 2 fully saturated rings. The lowest BCUT2D eigenvalue weighted by molar-refractivity contribution is 0.173. The fourth-order valence-corrected chi connectivity index (χ4v) is 3.01. The van der Waals surface area contributed by atoms with E-state index in [-0.39, 0.29) is 0 Å². The fourth-order valence-electron chi connectivity index (χ4n) is 3.01. The van der Waals surface area contributed by atoms with E-state index in [0.29, 0.717) is 0 Å². The maximum Gasteiger partial charge on any atom is 0.142 e. The van der Waals surface area contributed by atoms with E-state index in [1.54, 1.807) is 6.33 Å². The zero-order valence-electron chi connectivity index (χ0n) is 9.76. The summed E-state index contributed by atoms with van der Waals surface area (Å²) < 4.78 is 0. The van der Waals surface area contributed by atoms with E-state index >= 15 is 0 Å². The summed E-state index contributed by atoms with van der Waals surface area (Å²) in [5, 5.41) is 1.15. The Hall–Kier alpha value is -1.58. The first-order valence-corrected chi connectivity index (χ1v) is 6.45. The third-order valence-electron chi connectivity index (χ3n) is 4.36. The van der Waals surface area contributed by atoms with Crippen LogP contribution < -0.4 is 4.90 Å². The molecule has 0 unspecified atom stereocenters. The van der Waals surface area contributed by atoms with E-state index in [9.17, 15) is 0 Å². The number of nitrogens with one attached hydrogen (secondary N) is 1. The Morgan fingerprint density at radius 2 is 2.06 bits per heavy atom. The number of rotatable bonds is 2. The molecule has 2 aliphatic rings. The van der Waals surface area contributed by atoms with Gasteiger partial charge in [0.15, 0.2) is 0 Å². The largest absolute Gasteiger partial charge is 0.355 e. The first-order chi connectivity index (χ1) is 8.42. The van der Waals surface area contributed by atoms with E-state index in [2.05, 4.69) is 25.9 Å². The number of hydrogen-bond donors (Lipinski definition) is 1. The Bertz CT molecular complexity index is 537. The normalized spacial score (nSPS) is 21.5. The summed E-state index contributed by atoms with van der Waals surface area (Å²) in [6.07, 6.45) is 7.93. The molecule has 1 saturated heterocycles. The summed E-state index contributed by atoms with van der Waals surface area (Å²) >= 11 is 0. The molecule has 1 aliphatic carbocycles. The van der Waals surface area contributed by atoms with Gasteiger partial charge >= 0.3 is 0 Å². The first-order valence-electron chi connectivity index (χ1n) is 6.45. The molecular formula is C13H16N4. The predicted octanol–water partition coefficient (Wildman–Crippen LogP) is 2.19. The molecule has 4 rings (SSSR count). The Kier molecular flexibility index (Phi) is 1.92. The summed E-state index contributed by atoms with van der Waals surface area (Å²) in [4.78, 5) is 14.2. The van der Waals surface area contributed by atoms with Crippen molar-refractivity contribution in [2.75, 3.05) is 18.0 Å². The van der Waals surface area contributed by atoms with Crippen molar-refractivity contribution in [3.8, 4) is 0 Å². The van der Waals surface area contributed by atoms with Crippen LogP contribution in [0.25, 0.3) is 11.0 Å². The second-order valence-electron chi connectivity index (χ2n) is 5.29. The molecule has 4 nitrogen and oxygen atoms in total. The van der Waals surface area contributed by atoms with Crippen molar-refractivity contribution in [1.29, 1.82) is 0 Å². The van der Waals surface area contributed by atoms with Gasteiger partial charge in [0.05, 0.1) is 5.39 Å². The molecule has 0 amide bonds. The van der Waals surface area contributed by atoms with Gasteiger partial charge in [0.1, 0.15) is 17.8 Å². The lowest BCUT2D eigenvalue weighted by atomic mass is 9.72. The predicted molar refractivity (Wildman–Crippen MR) is 66.9 cm³/mol. The van der Waals surface area contributed by atoms with Crippen LogP contribution in [0.2, 0.25) is 0 Å². The van der Waals surface area contributed by atoms with Crippen LogP contribution in [0.5, 0.6) is 0 Å². The van der Waals surface area contributed by atoms with Gasteiger partial charge in [-0.25, -0.2) is 9.97 Å². The van der Waals surface area contributed by atoms with Crippen molar-refractivity contribution >= 4 is 16.9 Å². The highest BCUT2D eigenvalue weighted by Crippen LogP contribution is 2.40. The highest BCUT2D eigenvalue weighted by atomic mass is 15.2. The van der Waals surface area contributed by atoms with Gasteiger partial charge in [-0.1, -0.05) is 19.3 Å². The molecule has 0 bridgehead atoms. The average Bonchev–Trinajstić information content (AvgIpc) is 2.67. The van der Waals surface area contributed by atoms with Crippen LogP contribution in [0, 0.1) is 11.8 Å². The molecule has 3 heterocycles. The Balaban J connectivity index is 1.57. The molecule has 88 valence electrons. The number of anilines is 1.